The quantitative estimate of drug-likeness (QED) is 0.511. The Balaban J connectivity index is 1.61. The summed E-state index contributed by atoms with van der Waals surface area (Å²) in [6.07, 6.45) is 6.24. The average molecular weight is 424 g/mol. The van der Waals surface area contributed by atoms with Crippen molar-refractivity contribution in [3.8, 4) is 6.07 Å². The molecule has 0 spiro atoms. The second-order valence-corrected chi connectivity index (χ2v) is 9.28. The highest BCUT2D eigenvalue weighted by atomic mass is 32.1. The van der Waals surface area contributed by atoms with Gasteiger partial charge < -0.3 is 5.32 Å². The van der Waals surface area contributed by atoms with Crippen LogP contribution in [0.4, 0.5) is 5.00 Å². The number of rotatable bonds is 4. The van der Waals surface area contributed by atoms with Crippen molar-refractivity contribution in [1.82, 2.24) is 5.32 Å². The first-order chi connectivity index (χ1) is 13.9. The number of nitrogens with zero attached hydrogens (tertiary/aromatic N) is 1. The van der Waals surface area contributed by atoms with Crippen LogP contribution in [0, 0.1) is 17.2 Å². The highest BCUT2D eigenvalue weighted by molar-refractivity contribution is 7.80. The van der Waals surface area contributed by atoms with E-state index in [-0.39, 0.29) is 11.0 Å². The number of nitriles is 1. The van der Waals surface area contributed by atoms with E-state index in [1.807, 2.05) is 12.1 Å². The molecule has 2 aromatic rings. The first-order valence-electron chi connectivity index (χ1n) is 9.82. The van der Waals surface area contributed by atoms with E-state index in [0.29, 0.717) is 17.4 Å². The molecule has 0 bridgehead atoms. The van der Waals surface area contributed by atoms with Crippen LogP contribution >= 0.6 is 23.6 Å². The molecule has 0 saturated carbocycles. The number of anilines is 1. The molecule has 150 valence electrons. The molecule has 1 aromatic heterocycles. The maximum absolute atomic E-state index is 12.2. The number of hydrogen-bond acceptors (Lipinski definition) is 4. The summed E-state index contributed by atoms with van der Waals surface area (Å²) in [6.45, 7) is 6.53. The summed E-state index contributed by atoms with van der Waals surface area (Å²) in [5.41, 5.74) is 4.01. The van der Waals surface area contributed by atoms with E-state index in [0.717, 1.165) is 35.4 Å². The van der Waals surface area contributed by atoms with E-state index in [9.17, 15) is 10.1 Å². The minimum absolute atomic E-state index is 0.206. The molecule has 1 aliphatic rings. The van der Waals surface area contributed by atoms with E-state index in [2.05, 4.69) is 49.6 Å². The second-order valence-electron chi connectivity index (χ2n) is 7.77. The smallest absolute Gasteiger partial charge is 0.250 e. The van der Waals surface area contributed by atoms with Crippen molar-refractivity contribution in [3.63, 3.8) is 0 Å². The van der Waals surface area contributed by atoms with Gasteiger partial charge in [0.25, 0.3) is 0 Å². The Labute approximate surface area is 181 Å². The Morgan fingerprint density at radius 3 is 2.72 bits per heavy atom. The molecule has 4 nitrogen and oxygen atoms in total. The second kappa shape index (κ2) is 9.34. The van der Waals surface area contributed by atoms with Crippen LogP contribution in [0.3, 0.4) is 0 Å². The molecular weight excluding hydrogens is 398 g/mol. The average Bonchev–Trinajstić information content (AvgIpc) is 3.02. The third-order valence-corrected chi connectivity index (χ3v) is 6.49. The van der Waals surface area contributed by atoms with Gasteiger partial charge in [-0.1, -0.05) is 45.0 Å². The topological polar surface area (TPSA) is 64.9 Å². The largest absolute Gasteiger partial charge is 0.323 e. The van der Waals surface area contributed by atoms with E-state index >= 15 is 0 Å². The lowest BCUT2D eigenvalue weighted by Crippen LogP contribution is -2.32. The van der Waals surface area contributed by atoms with Gasteiger partial charge in [-0.3, -0.25) is 10.1 Å². The molecule has 29 heavy (non-hydrogen) atoms. The molecule has 1 aliphatic carbocycles. The number of hydrogen-bond donors (Lipinski definition) is 2. The Kier molecular flexibility index (Phi) is 6.83. The van der Waals surface area contributed by atoms with E-state index in [1.54, 1.807) is 17.4 Å². The third-order valence-electron chi connectivity index (χ3n) is 5.12. The maximum atomic E-state index is 12.2. The first-order valence-corrected chi connectivity index (χ1v) is 11.0. The van der Waals surface area contributed by atoms with E-state index in [1.165, 1.54) is 16.5 Å². The van der Waals surface area contributed by atoms with Crippen LogP contribution in [-0.4, -0.2) is 11.0 Å². The van der Waals surface area contributed by atoms with Crippen LogP contribution in [0.25, 0.3) is 6.08 Å². The Hall–Kier alpha value is -2.49. The van der Waals surface area contributed by atoms with Crippen LogP contribution in [0.15, 0.2) is 30.3 Å². The summed E-state index contributed by atoms with van der Waals surface area (Å²) in [5.74, 6) is 0.806. The van der Waals surface area contributed by atoms with E-state index in [4.69, 9.17) is 12.2 Å². The van der Waals surface area contributed by atoms with Crippen molar-refractivity contribution in [2.24, 2.45) is 5.92 Å². The molecule has 1 heterocycles. The summed E-state index contributed by atoms with van der Waals surface area (Å²) in [4.78, 5) is 13.4. The highest BCUT2D eigenvalue weighted by Gasteiger charge is 2.24. The molecule has 1 atom stereocenters. The number of benzene rings is 1. The number of thiocarbonyl (C=S) groups is 1. The monoisotopic (exact) mass is 423 g/mol. The van der Waals surface area contributed by atoms with Crippen molar-refractivity contribution in [2.75, 3.05) is 5.32 Å². The fourth-order valence-electron chi connectivity index (χ4n) is 3.41. The number of amides is 1. The van der Waals surface area contributed by atoms with Gasteiger partial charge in [-0.25, -0.2) is 0 Å². The van der Waals surface area contributed by atoms with Gasteiger partial charge in [0.1, 0.15) is 11.1 Å². The molecule has 3 rings (SSSR count). The molecule has 0 radical (unpaired) electrons. The van der Waals surface area contributed by atoms with Gasteiger partial charge in [0.15, 0.2) is 5.11 Å². The van der Waals surface area contributed by atoms with Crippen LogP contribution in [0.2, 0.25) is 0 Å². The Morgan fingerprint density at radius 1 is 1.34 bits per heavy atom. The van der Waals surface area contributed by atoms with Gasteiger partial charge in [0.2, 0.25) is 5.91 Å². The van der Waals surface area contributed by atoms with Gasteiger partial charge in [-0.15, -0.1) is 11.3 Å². The summed E-state index contributed by atoms with van der Waals surface area (Å²) >= 11 is 6.85. The van der Waals surface area contributed by atoms with Crippen molar-refractivity contribution in [3.05, 3.63) is 57.5 Å². The predicted molar refractivity (Wildman–Crippen MR) is 124 cm³/mol. The number of thiophene rings is 1. The van der Waals surface area contributed by atoms with Crippen molar-refractivity contribution in [2.45, 2.75) is 46.0 Å². The standard InChI is InChI=1S/C23H25N3OS2/c1-14(2)17-8-5-16(6-9-17)7-11-21(27)25-23(28)26-22-19(13-24)18-10-4-15(3)12-20(18)29-22/h5-9,11,14-15H,4,10,12H2,1-3H3,(H2,25,26,27,28)/b11-7+/t15-/m1/s1. The van der Waals surface area contributed by atoms with Crippen LogP contribution in [0.1, 0.15) is 60.2 Å². The minimum Gasteiger partial charge on any atom is -0.323 e. The molecule has 0 fully saturated rings. The lowest BCUT2D eigenvalue weighted by atomic mass is 9.89. The van der Waals surface area contributed by atoms with Crippen molar-refractivity contribution >= 4 is 45.7 Å². The SMILES string of the molecule is CC(C)c1ccc(/C=C/C(=O)NC(=S)Nc2sc3c(c2C#N)CC[C@@H](C)C3)cc1. The molecule has 0 aliphatic heterocycles. The third kappa shape index (κ3) is 5.31. The fourth-order valence-corrected chi connectivity index (χ4v) is 5.04. The Morgan fingerprint density at radius 2 is 2.07 bits per heavy atom. The number of nitrogens with one attached hydrogen (secondary N) is 2. The summed E-state index contributed by atoms with van der Waals surface area (Å²) in [6, 6.07) is 10.4. The highest BCUT2D eigenvalue weighted by Crippen LogP contribution is 2.39. The zero-order valence-corrected chi connectivity index (χ0v) is 18.5. The van der Waals surface area contributed by atoms with Crippen LogP contribution < -0.4 is 10.6 Å². The summed E-state index contributed by atoms with van der Waals surface area (Å²) in [5, 5.41) is 16.2. The van der Waals surface area contributed by atoms with Gasteiger partial charge >= 0.3 is 0 Å². The number of carbonyl (C=O) groups excluding carboxylic acids is 1. The zero-order chi connectivity index (χ0) is 21.0. The molecule has 0 saturated heterocycles. The number of fused-ring (bicyclic) bond motifs is 1. The molecule has 1 amide bonds. The van der Waals surface area contributed by atoms with Gasteiger partial charge in [-0.05, 0) is 66.1 Å². The number of carbonyl (C=O) groups is 1. The van der Waals surface area contributed by atoms with Gasteiger partial charge in [0, 0.05) is 11.0 Å². The van der Waals surface area contributed by atoms with Crippen LogP contribution in [-0.2, 0) is 17.6 Å². The molecule has 1 aromatic carbocycles. The van der Waals surface area contributed by atoms with Crippen molar-refractivity contribution < 1.29 is 4.79 Å². The predicted octanol–water partition coefficient (Wildman–Crippen LogP) is 5.39. The molecule has 2 N–H and O–H groups in total. The van der Waals surface area contributed by atoms with Crippen LogP contribution in [0.5, 0.6) is 0 Å². The van der Waals surface area contributed by atoms with Gasteiger partial charge in [0.05, 0.1) is 5.56 Å². The first kappa shape index (κ1) is 21.2. The normalized spacial score (nSPS) is 15.8. The van der Waals surface area contributed by atoms with E-state index < -0.39 is 0 Å². The maximum Gasteiger partial charge on any atom is 0.250 e. The minimum atomic E-state index is -0.302. The fraction of sp³-hybridized carbons (Fsp3) is 0.348. The van der Waals surface area contributed by atoms with Gasteiger partial charge in [-0.2, -0.15) is 5.26 Å². The molecule has 6 heteroatoms. The zero-order valence-electron chi connectivity index (χ0n) is 16.9. The molecular formula is C23H25N3OS2. The molecule has 0 unspecified atom stereocenters. The lowest BCUT2D eigenvalue weighted by Gasteiger charge is -2.17. The lowest BCUT2D eigenvalue weighted by molar-refractivity contribution is -0.115. The summed E-state index contributed by atoms with van der Waals surface area (Å²) in [7, 11) is 0. The van der Waals surface area contributed by atoms with Crippen molar-refractivity contribution in [1.29, 1.82) is 5.26 Å². The summed E-state index contributed by atoms with van der Waals surface area (Å²) < 4.78 is 0. The Bertz CT molecular complexity index is 981.